The number of aromatic amines is 1. The Morgan fingerprint density at radius 1 is 1.08 bits per heavy atom. The van der Waals surface area contributed by atoms with Crippen molar-refractivity contribution in [3.05, 3.63) is 78.1 Å². The Bertz CT molecular complexity index is 785. The van der Waals surface area contributed by atoms with E-state index in [2.05, 4.69) is 15.3 Å². The van der Waals surface area contributed by atoms with Crippen LogP contribution in [0.15, 0.2) is 66.9 Å². The number of carbonyl (C=O) groups is 1. The number of nitrogens with zero attached hydrogens (tertiary/aromatic N) is 1. The molecule has 5 nitrogen and oxygen atoms in total. The topological polar surface area (TPSA) is 78.0 Å². The summed E-state index contributed by atoms with van der Waals surface area (Å²) in [5, 5.41) is 12.5. The third-order valence-electron chi connectivity index (χ3n) is 3.80. The molecule has 5 heteroatoms. The van der Waals surface area contributed by atoms with Crippen LogP contribution in [0.1, 0.15) is 11.3 Å². The van der Waals surface area contributed by atoms with E-state index in [-0.39, 0.29) is 0 Å². The zero-order chi connectivity index (χ0) is 16.8. The minimum absolute atomic E-state index is 0.420. The van der Waals surface area contributed by atoms with E-state index in [9.17, 15) is 9.90 Å². The quantitative estimate of drug-likeness (QED) is 0.625. The number of aliphatic carboxylic acids is 1. The van der Waals surface area contributed by atoms with Crippen LogP contribution in [-0.4, -0.2) is 27.1 Å². The summed E-state index contributed by atoms with van der Waals surface area (Å²) in [6, 6.07) is 18.8. The van der Waals surface area contributed by atoms with Gasteiger partial charge in [-0.3, -0.25) is 10.1 Å². The SMILES string of the molecule is O=C(O)[C@H](Cc1ccccc1)NCc1cnc(-c2ccccc2)[nH]1. The monoisotopic (exact) mass is 321 g/mol. The molecule has 2 aromatic carbocycles. The molecule has 3 aromatic rings. The summed E-state index contributed by atoms with van der Waals surface area (Å²) < 4.78 is 0. The number of carboxylic acid groups (broad SMARTS) is 1. The largest absolute Gasteiger partial charge is 0.480 e. The summed E-state index contributed by atoms with van der Waals surface area (Å²) in [6.07, 6.45) is 2.17. The molecule has 1 aromatic heterocycles. The molecular formula is C19H19N3O2. The van der Waals surface area contributed by atoms with Crippen molar-refractivity contribution < 1.29 is 9.90 Å². The number of H-pyrrole nitrogens is 1. The van der Waals surface area contributed by atoms with E-state index in [0.29, 0.717) is 13.0 Å². The molecule has 122 valence electrons. The van der Waals surface area contributed by atoms with Crippen LogP contribution in [0.5, 0.6) is 0 Å². The van der Waals surface area contributed by atoms with Crippen molar-refractivity contribution in [3.63, 3.8) is 0 Å². The molecule has 0 aliphatic carbocycles. The van der Waals surface area contributed by atoms with Gasteiger partial charge in [-0.1, -0.05) is 60.7 Å². The number of rotatable bonds is 7. The fraction of sp³-hybridized carbons (Fsp3) is 0.158. The van der Waals surface area contributed by atoms with E-state index in [1.807, 2.05) is 60.7 Å². The summed E-state index contributed by atoms with van der Waals surface area (Å²) in [5.41, 5.74) is 2.85. The Hall–Kier alpha value is -2.92. The smallest absolute Gasteiger partial charge is 0.321 e. The molecule has 0 bridgehead atoms. The predicted molar refractivity (Wildman–Crippen MR) is 92.4 cm³/mol. The second-order valence-electron chi connectivity index (χ2n) is 5.58. The summed E-state index contributed by atoms with van der Waals surface area (Å²) in [7, 11) is 0. The third-order valence-corrected chi connectivity index (χ3v) is 3.80. The number of nitrogens with one attached hydrogen (secondary N) is 2. The minimum atomic E-state index is -0.860. The Morgan fingerprint density at radius 3 is 2.42 bits per heavy atom. The highest BCUT2D eigenvalue weighted by atomic mass is 16.4. The maximum atomic E-state index is 11.5. The van der Waals surface area contributed by atoms with Crippen molar-refractivity contribution >= 4 is 5.97 Å². The van der Waals surface area contributed by atoms with Crippen molar-refractivity contribution in [1.29, 1.82) is 0 Å². The molecule has 0 unspecified atom stereocenters. The number of hydrogen-bond acceptors (Lipinski definition) is 3. The maximum absolute atomic E-state index is 11.5. The molecule has 0 aliphatic rings. The third kappa shape index (κ3) is 4.08. The minimum Gasteiger partial charge on any atom is -0.480 e. The van der Waals surface area contributed by atoms with Crippen molar-refractivity contribution in [1.82, 2.24) is 15.3 Å². The van der Waals surface area contributed by atoms with Crippen LogP contribution in [0.3, 0.4) is 0 Å². The summed E-state index contributed by atoms with van der Waals surface area (Å²) in [4.78, 5) is 19.0. The number of imidazole rings is 1. The van der Waals surface area contributed by atoms with Gasteiger partial charge in [0.15, 0.2) is 0 Å². The molecule has 0 saturated heterocycles. The molecule has 0 amide bonds. The van der Waals surface area contributed by atoms with Crippen LogP contribution < -0.4 is 5.32 Å². The van der Waals surface area contributed by atoms with Crippen LogP contribution in [-0.2, 0) is 17.8 Å². The van der Waals surface area contributed by atoms with Gasteiger partial charge < -0.3 is 10.1 Å². The van der Waals surface area contributed by atoms with E-state index < -0.39 is 12.0 Å². The van der Waals surface area contributed by atoms with Gasteiger partial charge >= 0.3 is 5.97 Å². The Balaban J connectivity index is 1.63. The normalized spacial score (nSPS) is 12.0. The zero-order valence-corrected chi connectivity index (χ0v) is 13.1. The highest BCUT2D eigenvalue weighted by Crippen LogP contribution is 2.14. The van der Waals surface area contributed by atoms with E-state index in [4.69, 9.17) is 0 Å². The van der Waals surface area contributed by atoms with Gasteiger partial charge in [-0.05, 0) is 12.0 Å². The second-order valence-corrected chi connectivity index (χ2v) is 5.58. The molecule has 1 heterocycles. The van der Waals surface area contributed by atoms with Gasteiger partial charge in [0, 0.05) is 24.0 Å². The van der Waals surface area contributed by atoms with Gasteiger partial charge in [0.2, 0.25) is 0 Å². The van der Waals surface area contributed by atoms with Crippen molar-refractivity contribution in [2.45, 2.75) is 19.0 Å². The fourth-order valence-corrected chi connectivity index (χ4v) is 2.52. The molecule has 3 rings (SSSR count). The lowest BCUT2D eigenvalue weighted by Crippen LogP contribution is -2.38. The molecule has 0 radical (unpaired) electrons. The predicted octanol–water partition coefficient (Wildman–Crippen LogP) is 2.86. The number of aromatic nitrogens is 2. The van der Waals surface area contributed by atoms with Crippen LogP contribution >= 0.6 is 0 Å². The van der Waals surface area contributed by atoms with Crippen LogP contribution in [0.25, 0.3) is 11.4 Å². The molecule has 24 heavy (non-hydrogen) atoms. The van der Waals surface area contributed by atoms with E-state index in [1.165, 1.54) is 0 Å². The molecule has 0 spiro atoms. The average molecular weight is 321 g/mol. The molecule has 0 aliphatic heterocycles. The van der Waals surface area contributed by atoms with Gasteiger partial charge in [-0.2, -0.15) is 0 Å². The fourth-order valence-electron chi connectivity index (χ4n) is 2.52. The standard InChI is InChI=1S/C19H19N3O2/c23-19(24)17(11-14-7-3-1-4-8-14)20-12-16-13-21-18(22-16)15-9-5-2-6-10-15/h1-10,13,17,20H,11-12H2,(H,21,22)(H,23,24)/t17-/m0/s1. The van der Waals surface area contributed by atoms with E-state index in [1.54, 1.807) is 6.20 Å². The van der Waals surface area contributed by atoms with Gasteiger partial charge in [0.1, 0.15) is 11.9 Å². The van der Waals surface area contributed by atoms with Crippen LogP contribution in [0, 0.1) is 0 Å². The van der Waals surface area contributed by atoms with Crippen molar-refractivity contribution in [2.24, 2.45) is 0 Å². The Morgan fingerprint density at radius 2 is 1.75 bits per heavy atom. The summed E-state index contributed by atoms with van der Waals surface area (Å²) in [6.45, 7) is 0.420. The molecule has 0 fully saturated rings. The number of hydrogen-bond donors (Lipinski definition) is 3. The summed E-state index contributed by atoms with van der Waals surface area (Å²) >= 11 is 0. The van der Waals surface area contributed by atoms with Crippen LogP contribution in [0.4, 0.5) is 0 Å². The molecule has 3 N–H and O–H groups in total. The first-order chi connectivity index (χ1) is 11.7. The zero-order valence-electron chi connectivity index (χ0n) is 13.1. The van der Waals surface area contributed by atoms with Gasteiger partial charge in [0.25, 0.3) is 0 Å². The lowest BCUT2D eigenvalue weighted by molar-refractivity contribution is -0.139. The van der Waals surface area contributed by atoms with Crippen molar-refractivity contribution in [3.8, 4) is 11.4 Å². The average Bonchev–Trinajstić information content (AvgIpc) is 3.09. The Labute approximate surface area is 140 Å². The molecular weight excluding hydrogens is 302 g/mol. The lowest BCUT2D eigenvalue weighted by atomic mass is 10.1. The first-order valence-corrected chi connectivity index (χ1v) is 7.82. The molecule has 1 atom stereocenters. The summed E-state index contributed by atoms with van der Waals surface area (Å²) in [5.74, 6) is -0.0796. The maximum Gasteiger partial charge on any atom is 0.321 e. The van der Waals surface area contributed by atoms with E-state index in [0.717, 1.165) is 22.6 Å². The first-order valence-electron chi connectivity index (χ1n) is 7.82. The van der Waals surface area contributed by atoms with Crippen molar-refractivity contribution in [2.75, 3.05) is 0 Å². The van der Waals surface area contributed by atoms with Gasteiger partial charge in [0.05, 0.1) is 0 Å². The number of benzene rings is 2. The van der Waals surface area contributed by atoms with Gasteiger partial charge in [-0.15, -0.1) is 0 Å². The van der Waals surface area contributed by atoms with Gasteiger partial charge in [-0.25, -0.2) is 4.98 Å². The van der Waals surface area contributed by atoms with Crippen LogP contribution in [0.2, 0.25) is 0 Å². The van der Waals surface area contributed by atoms with E-state index >= 15 is 0 Å². The highest BCUT2D eigenvalue weighted by Gasteiger charge is 2.17. The first kappa shape index (κ1) is 16.0. The highest BCUT2D eigenvalue weighted by molar-refractivity contribution is 5.73. The Kier molecular flexibility index (Phi) is 5.03. The lowest BCUT2D eigenvalue weighted by Gasteiger charge is -2.13. The number of carboxylic acids is 1. The molecule has 0 saturated carbocycles. The second kappa shape index (κ2) is 7.57.